The maximum atomic E-state index is 10.5. The van der Waals surface area contributed by atoms with Gasteiger partial charge in [-0.05, 0) is 24.1 Å². The molecule has 0 saturated heterocycles. The van der Waals surface area contributed by atoms with Crippen LogP contribution in [0.4, 0.5) is 5.82 Å². The first-order chi connectivity index (χ1) is 8.15. The van der Waals surface area contributed by atoms with Gasteiger partial charge in [0.25, 0.3) is 0 Å². The molecule has 1 aromatic carbocycles. The smallest absolute Gasteiger partial charge is 0.303 e. The molecule has 0 aliphatic rings. The van der Waals surface area contributed by atoms with E-state index in [9.17, 15) is 4.79 Å². The van der Waals surface area contributed by atoms with Crippen molar-refractivity contribution in [1.82, 2.24) is 9.78 Å². The van der Waals surface area contributed by atoms with Crippen molar-refractivity contribution in [2.24, 2.45) is 0 Å². The molecule has 17 heavy (non-hydrogen) atoms. The van der Waals surface area contributed by atoms with E-state index < -0.39 is 5.97 Å². The van der Waals surface area contributed by atoms with Crippen LogP contribution in [-0.4, -0.2) is 20.9 Å². The van der Waals surface area contributed by atoms with Crippen LogP contribution in [0.1, 0.15) is 12.0 Å². The summed E-state index contributed by atoms with van der Waals surface area (Å²) >= 11 is 0. The molecule has 0 radical (unpaired) electrons. The number of nitrogens with two attached hydrogens (primary N) is 1. The molecule has 0 aliphatic carbocycles. The van der Waals surface area contributed by atoms with Crippen LogP contribution in [-0.2, 0) is 11.2 Å². The Morgan fingerprint density at radius 3 is 2.88 bits per heavy atom. The van der Waals surface area contributed by atoms with Gasteiger partial charge in [0.05, 0.1) is 5.69 Å². The number of carboxylic acid groups (broad SMARTS) is 1. The molecule has 1 aromatic heterocycles. The van der Waals surface area contributed by atoms with E-state index in [1.54, 1.807) is 16.9 Å². The molecule has 1 heterocycles. The van der Waals surface area contributed by atoms with Crippen LogP contribution in [0.25, 0.3) is 5.69 Å². The molecule has 5 heteroatoms. The molecule has 0 spiro atoms. The maximum absolute atomic E-state index is 10.5. The van der Waals surface area contributed by atoms with Gasteiger partial charge in [-0.3, -0.25) is 4.79 Å². The minimum absolute atomic E-state index is 0.130. The molecule has 3 N–H and O–H groups in total. The minimum Gasteiger partial charge on any atom is -0.481 e. The molecular formula is C12H13N3O2. The summed E-state index contributed by atoms with van der Waals surface area (Å²) in [6.07, 6.45) is 2.41. The lowest BCUT2D eigenvalue weighted by Crippen LogP contribution is -2.00. The number of hydrogen-bond acceptors (Lipinski definition) is 3. The van der Waals surface area contributed by atoms with E-state index in [2.05, 4.69) is 5.10 Å². The highest BCUT2D eigenvalue weighted by molar-refractivity contribution is 5.67. The van der Waals surface area contributed by atoms with Gasteiger partial charge in [0.2, 0.25) is 0 Å². The number of anilines is 1. The number of hydrogen-bond donors (Lipinski definition) is 2. The third-order valence-electron chi connectivity index (χ3n) is 2.41. The van der Waals surface area contributed by atoms with Crippen LogP contribution in [0.2, 0.25) is 0 Å². The first-order valence-electron chi connectivity index (χ1n) is 5.27. The predicted molar refractivity (Wildman–Crippen MR) is 63.9 cm³/mol. The molecule has 88 valence electrons. The highest BCUT2D eigenvalue weighted by atomic mass is 16.4. The Bertz CT molecular complexity index is 534. The SMILES string of the molecule is Nc1ccn(-c2cccc(CCC(=O)O)c2)n1. The van der Waals surface area contributed by atoms with Crippen LogP contribution in [0.3, 0.4) is 0 Å². The molecule has 0 unspecified atom stereocenters. The number of aryl methyl sites for hydroxylation is 1. The van der Waals surface area contributed by atoms with Crippen molar-refractivity contribution >= 4 is 11.8 Å². The molecule has 0 amide bonds. The largest absolute Gasteiger partial charge is 0.481 e. The fraction of sp³-hybridized carbons (Fsp3) is 0.167. The molecule has 0 atom stereocenters. The topological polar surface area (TPSA) is 81.1 Å². The van der Waals surface area contributed by atoms with Gasteiger partial charge in [0.15, 0.2) is 0 Å². The van der Waals surface area contributed by atoms with Crippen molar-refractivity contribution in [3.8, 4) is 5.69 Å². The quantitative estimate of drug-likeness (QED) is 0.834. The van der Waals surface area contributed by atoms with Crippen molar-refractivity contribution in [3.05, 3.63) is 42.1 Å². The minimum atomic E-state index is -0.793. The number of carboxylic acids is 1. The van der Waals surface area contributed by atoms with Gasteiger partial charge in [-0.1, -0.05) is 12.1 Å². The lowest BCUT2D eigenvalue weighted by molar-refractivity contribution is -0.136. The summed E-state index contributed by atoms with van der Waals surface area (Å²) in [6.45, 7) is 0. The molecule has 0 fully saturated rings. The lowest BCUT2D eigenvalue weighted by atomic mass is 10.1. The number of aliphatic carboxylic acids is 1. The zero-order chi connectivity index (χ0) is 12.3. The number of benzene rings is 1. The van der Waals surface area contributed by atoms with Crippen LogP contribution in [0.15, 0.2) is 36.5 Å². The summed E-state index contributed by atoms with van der Waals surface area (Å²) < 4.78 is 1.67. The Morgan fingerprint density at radius 1 is 1.41 bits per heavy atom. The second-order valence-electron chi connectivity index (χ2n) is 3.75. The Labute approximate surface area is 98.5 Å². The average molecular weight is 231 g/mol. The summed E-state index contributed by atoms with van der Waals surface area (Å²) in [5.41, 5.74) is 7.39. The molecule has 5 nitrogen and oxygen atoms in total. The van der Waals surface area contributed by atoms with E-state index in [0.29, 0.717) is 12.2 Å². The van der Waals surface area contributed by atoms with Crippen LogP contribution >= 0.6 is 0 Å². The monoisotopic (exact) mass is 231 g/mol. The highest BCUT2D eigenvalue weighted by Crippen LogP contribution is 2.12. The fourth-order valence-electron chi connectivity index (χ4n) is 1.59. The van der Waals surface area contributed by atoms with Gasteiger partial charge in [-0.2, -0.15) is 5.10 Å². The summed E-state index contributed by atoms with van der Waals surface area (Å²) in [6, 6.07) is 9.31. The molecule has 0 bridgehead atoms. The second-order valence-corrected chi connectivity index (χ2v) is 3.75. The van der Waals surface area contributed by atoms with Crippen molar-refractivity contribution in [2.75, 3.05) is 5.73 Å². The zero-order valence-electron chi connectivity index (χ0n) is 9.21. The normalized spacial score (nSPS) is 10.4. The highest BCUT2D eigenvalue weighted by Gasteiger charge is 2.02. The van der Waals surface area contributed by atoms with Gasteiger partial charge < -0.3 is 10.8 Å². The van der Waals surface area contributed by atoms with E-state index in [1.165, 1.54) is 0 Å². The van der Waals surface area contributed by atoms with E-state index in [-0.39, 0.29) is 6.42 Å². The Kier molecular flexibility index (Phi) is 3.09. The van der Waals surface area contributed by atoms with Gasteiger partial charge >= 0.3 is 5.97 Å². The van der Waals surface area contributed by atoms with Crippen molar-refractivity contribution in [1.29, 1.82) is 0 Å². The van der Waals surface area contributed by atoms with Crippen molar-refractivity contribution in [2.45, 2.75) is 12.8 Å². The van der Waals surface area contributed by atoms with E-state index in [4.69, 9.17) is 10.8 Å². The number of rotatable bonds is 4. The third-order valence-corrected chi connectivity index (χ3v) is 2.41. The van der Waals surface area contributed by atoms with E-state index in [1.807, 2.05) is 24.3 Å². The number of carbonyl (C=O) groups is 1. The first kappa shape index (κ1) is 11.2. The van der Waals surface area contributed by atoms with Gasteiger partial charge in [0.1, 0.15) is 5.82 Å². The third kappa shape index (κ3) is 2.84. The maximum Gasteiger partial charge on any atom is 0.303 e. The van der Waals surface area contributed by atoms with E-state index in [0.717, 1.165) is 11.3 Å². The van der Waals surface area contributed by atoms with Crippen LogP contribution < -0.4 is 5.73 Å². The standard InChI is InChI=1S/C12H13N3O2/c13-11-6-7-15(14-11)10-3-1-2-9(8-10)4-5-12(16)17/h1-3,6-8H,4-5H2,(H2,13,14)(H,16,17). The average Bonchev–Trinajstić information content (AvgIpc) is 2.74. The molecular weight excluding hydrogens is 218 g/mol. The number of aromatic nitrogens is 2. The van der Waals surface area contributed by atoms with Crippen molar-refractivity contribution in [3.63, 3.8) is 0 Å². The van der Waals surface area contributed by atoms with Gasteiger partial charge in [-0.25, -0.2) is 4.68 Å². The molecule has 0 aliphatic heterocycles. The van der Waals surface area contributed by atoms with Gasteiger partial charge in [-0.15, -0.1) is 0 Å². The summed E-state index contributed by atoms with van der Waals surface area (Å²) in [4.78, 5) is 10.5. The molecule has 2 aromatic rings. The Morgan fingerprint density at radius 2 is 2.24 bits per heavy atom. The Balaban J connectivity index is 2.19. The first-order valence-corrected chi connectivity index (χ1v) is 5.27. The zero-order valence-corrected chi connectivity index (χ0v) is 9.21. The Hall–Kier alpha value is -2.30. The summed E-state index contributed by atoms with van der Waals surface area (Å²) in [5.74, 6) is -0.334. The predicted octanol–water partition coefficient (Wildman–Crippen LogP) is 1.47. The lowest BCUT2D eigenvalue weighted by Gasteiger charge is -2.04. The van der Waals surface area contributed by atoms with Crippen LogP contribution in [0, 0.1) is 0 Å². The molecule has 2 rings (SSSR count). The van der Waals surface area contributed by atoms with Crippen LogP contribution in [0.5, 0.6) is 0 Å². The summed E-state index contributed by atoms with van der Waals surface area (Å²) in [5, 5.41) is 12.7. The van der Waals surface area contributed by atoms with Gasteiger partial charge in [0, 0.05) is 18.7 Å². The fourth-order valence-corrected chi connectivity index (χ4v) is 1.59. The van der Waals surface area contributed by atoms with E-state index >= 15 is 0 Å². The number of nitrogen functional groups attached to an aromatic ring is 1. The van der Waals surface area contributed by atoms with Crippen molar-refractivity contribution < 1.29 is 9.90 Å². The number of nitrogens with zero attached hydrogens (tertiary/aromatic N) is 2. The second kappa shape index (κ2) is 4.69. The summed E-state index contributed by atoms with van der Waals surface area (Å²) in [7, 11) is 0. The molecule has 0 saturated carbocycles.